The lowest BCUT2D eigenvalue weighted by Crippen LogP contribution is -2.40. The molecule has 143 heavy (non-hydrogen) atoms. The van der Waals surface area contributed by atoms with E-state index >= 15 is 0 Å². The molecule has 5 aliphatic rings. The van der Waals surface area contributed by atoms with Crippen LogP contribution >= 0.6 is 12.4 Å². The minimum atomic E-state index is -0.837. The van der Waals surface area contributed by atoms with E-state index in [1.807, 2.05) is 194 Å². The van der Waals surface area contributed by atoms with Gasteiger partial charge in [0.25, 0.3) is 0 Å². The van der Waals surface area contributed by atoms with Crippen molar-refractivity contribution in [3.63, 3.8) is 0 Å². The highest BCUT2D eigenvalue weighted by Crippen LogP contribution is 2.50. The number of ketones is 1. The summed E-state index contributed by atoms with van der Waals surface area (Å²) in [4.78, 5) is 84.3. The van der Waals surface area contributed by atoms with Crippen molar-refractivity contribution in [1.82, 2.24) is 5.32 Å². The predicted octanol–water partition coefficient (Wildman–Crippen LogP) is 23.6. The Balaban J connectivity index is 0.000000228. The summed E-state index contributed by atoms with van der Waals surface area (Å²) in [7, 11) is 8.09. The second-order valence-corrected chi connectivity index (χ2v) is 31.4. The van der Waals surface area contributed by atoms with Gasteiger partial charge in [0.15, 0.2) is 0 Å². The topological polar surface area (TPSA) is 344 Å². The minimum absolute atomic E-state index is 0. The van der Waals surface area contributed by atoms with Gasteiger partial charge >= 0.3 is 24.2 Å². The Morgan fingerprint density at radius 2 is 0.615 bits per heavy atom. The molecule has 18 rings (SSSR count). The van der Waals surface area contributed by atoms with Crippen LogP contribution in [-0.2, 0) is 87.3 Å². The van der Waals surface area contributed by atoms with Gasteiger partial charge in [0.1, 0.15) is 148 Å². The Morgan fingerprint density at radius 1 is 0.322 bits per heavy atom. The Labute approximate surface area is 829 Å². The number of aromatic hydroxyl groups is 1. The van der Waals surface area contributed by atoms with Crippen LogP contribution in [0.4, 0.5) is 26.3 Å². The molecule has 0 aromatic heterocycles. The molecule has 32 heteroatoms. The van der Waals surface area contributed by atoms with E-state index in [4.69, 9.17) is 102 Å². The summed E-state index contributed by atoms with van der Waals surface area (Å²) >= 11 is 0. The van der Waals surface area contributed by atoms with Crippen molar-refractivity contribution in [3.05, 3.63) is 376 Å². The number of isocyanates is 2. The Hall–Kier alpha value is -16.4. The highest BCUT2D eigenvalue weighted by Gasteiger charge is 2.50. The zero-order valence-corrected chi connectivity index (χ0v) is 79.7. The van der Waals surface area contributed by atoms with Gasteiger partial charge in [0, 0.05) is 73.2 Å². The van der Waals surface area contributed by atoms with Crippen LogP contribution in [0.3, 0.4) is 0 Å². The van der Waals surface area contributed by atoms with Crippen LogP contribution in [0.2, 0.25) is 0 Å². The quantitative estimate of drug-likeness (QED) is 0.0212. The lowest BCUT2D eigenvalue weighted by atomic mass is 9.79. The number of fused-ring (bicyclic) bond motifs is 4. The smallest absolute Gasteiger partial charge is 0.373 e. The molecule has 4 N–H and O–H groups in total. The van der Waals surface area contributed by atoms with E-state index in [9.17, 15) is 40.7 Å². The molecule has 746 valence electrons. The maximum atomic E-state index is 14.8. The van der Waals surface area contributed by atoms with Crippen LogP contribution in [0.25, 0.3) is 22.3 Å². The summed E-state index contributed by atoms with van der Waals surface area (Å²) in [6.45, 7) is 3.11. The molecule has 2 aliphatic carbocycles. The highest BCUT2D eigenvalue weighted by atomic mass is 35.5. The first-order valence-electron chi connectivity index (χ1n) is 44.5. The summed E-state index contributed by atoms with van der Waals surface area (Å²) in [5.74, 6) is 3.44. The molecule has 3 aliphatic heterocycles. The lowest BCUT2D eigenvalue weighted by Gasteiger charge is -2.33. The number of halogens is 7. The number of piperidine rings is 1. The molecule has 0 unspecified atom stereocenters. The SMILES string of the molecule is COc1ccc(COc2cc(F)c3c(c2)C(=O)OC32CCCCC2)cc1.COc1ccc(COc2cc(F)c3c(c2)C(=O)OC32CCNCC2)cc1.COc1ccc(COc2cc(F)cc(-c3ccccc3)c2)cc1.COc1ccc(COc2cc(F)cc(-c3ccccc3)c2)cc1.COc1ccc(COc2cccc(F)c2)cc1.Cl.N=C=O.N=C=O.O=C1CCCCC1.O=C=O.O=C=O.Oc1cccc(F)c1. The Morgan fingerprint density at radius 3 is 0.909 bits per heavy atom. The van der Waals surface area contributed by atoms with Crippen LogP contribution < -0.4 is 52.7 Å². The van der Waals surface area contributed by atoms with Crippen molar-refractivity contribution < 1.29 is 131 Å². The van der Waals surface area contributed by atoms with Crippen molar-refractivity contribution in [1.29, 1.82) is 10.8 Å². The van der Waals surface area contributed by atoms with E-state index in [1.54, 1.807) is 59.8 Å². The summed E-state index contributed by atoms with van der Waals surface area (Å²) < 4.78 is 147. The fourth-order valence-electron chi connectivity index (χ4n) is 15.1. The standard InChI is InChI=1S/C21H21FO4.C20H20FNO4.2C20H17FO2.C14H13FO2.C6H5FO.C6H10O.2CHNO.2CO2.ClH/c1-24-15-7-5-14(6-8-15)13-25-16-11-17-19(18(22)12-16)21(26-20(17)23)9-3-2-4-10-21;1-24-14-4-2-13(3-5-14)12-25-15-10-16-18(17(21)11-15)20(26-19(16)23)6-8-22-9-7-20;2*1-22-19-9-7-15(8-10-19)14-23-20-12-17(11-18(21)13-20)16-5-3-2-4-6-16;1-16-13-7-5-11(6-8-13)10-17-14-4-2-3-12(15)9-14;7-5-2-1-3-6(8)4-5;7-6-4-2-1-3-5-6;4*2-1-3;/h5-8,11-12H,2-4,9-10,13H2,1H3;2-5,10-11,22H,6-9,12H2,1H3;2*2-13H,14H2,1H3;2-9H,10H2,1H3;1-4,8H;1-5H2;2*2H;;;1H. The molecular formula is C111H106ClF6N3O22. The van der Waals surface area contributed by atoms with E-state index in [2.05, 4.69) is 5.32 Å². The minimum Gasteiger partial charge on any atom is -0.508 e. The summed E-state index contributed by atoms with van der Waals surface area (Å²) in [6.07, 6.45) is 12.8. The second-order valence-electron chi connectivity index (χ2n) is 31.4. The number of methoxy groups -OCH3 is 5. The Kier molecular flexibility index (Phi) is 48.6. The van der Waals surface area contributed by atoms with E-state index in [1.165, 1.54) is 73.2 Å². The summed E-state index contributed by atoms with van der Waals surface area (Å²) in [5, 5.41) is 22.6. The van der Waals surface area contributed by atoms with Gasteiger partial charge in [-0.3, -0.25) is 4.79 Å². The van der Waals surface area contributed by atoms with Crippen LogP contribution in [0.5, 0.6) is 63.2 Å². The molecule has 25 nitrogen and oxygen atoms in total. The number of esters is 2. The molecule has 13 aromatic rings. The zero-order valence-electron chi connectivity index (χ0n) is 78.8. The van der Waals surface area contributed by atoms with Crippen molar-refractivity contribution >= 4 is 54.6 Å². The van der Waals surface area contributed by atoms with Gasteiger partial charge in [-0.25, -0.2) is 56.3 Å². The van der Waals surface area contributed by atoms with Gasteiger partial charge < -0.3 is 67.3 Å². The van der Waals surface area contributed by atoms with E-state index < -0.39 is 40.6 Å². The fourth-order valence-corrected chi connectivity index (χ4v) is 15.1. The van der Waals surface area contributed by atoms with Crippen LogP contribution in [0.15, 0.2) is 291 Å². The molecule has 0 atom stereocenters. The third-order valence-corrected chi connectivity index (χ3v) is 21.9. The number of nitrogens with one attached hydrogen (secondary N) is 3. The van der Waals surface area contributed by atoms with Crippen LogP contribution in [0.1, 0.15) is 137 Å². The maximum Gasteiger partial charge on any atom is 0.373 e. The molecule has 13 aromatic carbocycles. The molecule has 0 amide bonds. The molecule has 0 bridgehead atoms. The van der Waals surface area contributed by atoms with Gasteiger partial charge in [0.2, 0.25) is 12.2 Å². The van der Waals surface area contributed by atoms with Crippen LogP contribution in [-0.4, -0.2) is 95.9 Å². The van der Waals surface area contributed by atoms with Gasteiger partial charge in [-0.1, -0.05) is 146 Å². The maximum absolute atomic E-state index is 14.8. The third kappa shape index (κ3) is 37.4. The monoisotopic (exact) mass is 1980 g/mol. The first kappa shape index (κ1) is 114. The molecule has 0 radical (unpaired) electrons. The number of benzene rings is 13. The Bertz CT molecular complexity index is 5930. The first-order valence-corrected chi connectivity index (χ1v) is 44.5. The van der Waals surface area contributed by atoms with Gasteiger partial charge in [-0.2, -0.15) is 19.2 Å². The number of Topliss-reactive ketones (excluding diaryl/α,β-unsaturated/α-hetero) is 1. The molecule has 1 saturated heterocycles. The average molecular weight is 1980 g/mol. The van der Waals surface area contributed by atoms with E-state index in [0.29, 0.717) is 110 Å². The number of hydrogen-bond acceptors (Lipinski definition) is 25. The first-order chi connectivity index (χ1) is 68.8. The van der Waals surface area contributed by atoms with Gasteiger partial charge in [-0.05, 0) is 223 Å². The molecular weight excluding hydrogens is 1880 g/mol. The van der Waals surface area contributed by atoms with Crippen molar-refractivity contribution in [2.24, 2.45) is 0 Å². The number of rotatable bonds is 22. The second kappa shape index (κ2) is 61.1. The predicted molar refractivity (Wildman–Crippen MR) is 519 cm³/mol. The largest absolute Gasteiger partial charge is 0.508 e. The summed E-state index contributed by atoms with van der Waals surface area (Å²) in [6, 6.07) is 83.7. The normalized spacial score (nSPS) is 12.8. The average Bonchev–Trinajstić information content (AvgIpc) is 1.59. The van der Waals surface area contributed by atoms with Crippen molar-refractivity contribution in [2.75, 3.05) is 48.6 Å². The van der Waals surface area contributed by atoms with E-state index in [-0.39, 0.29) is 66.7 Å². The number of hydrogen-bond donors (Lipinski definition) is 4. The van der Waals surface area contributed by atoms with Gasteiger partial charge in [-0.15, -0.1) is 12.4 Å². The molecule has 2 spiro atoms. The molecule has 3 heterocycles. The third-order valence-electron chi connectivity index (χ3n) is 21.9. The number of carbonyl (C=O) groups excluding carboxylic acids is 9. The van der Waals surface area contributed by atoms with Crippen LogP contribution in [0, 0.1) is 45.7 Å². The highest BCUT2D eigenvalue weighted by molar-refractivity contribution is 5.96. The van der Waals surface area contributed by atoms with Crippen molar-refractivity contribution in [2.45, 2.75) is 121 Å². The zero-order chi connectivity index (χ0) is 102. The number of phenolic OH excluding ortho intramolecular Hbond substituents is 1. The number of ether oxygens (including phenoxy) is 12. The summed E-state index contributed by atoms with van der Waals surface area (Å²) in [5.41, 5.74) is 8.13. The van der Waals surface area contributed by atoms with Crippen molar-refractivity contribution in [3.8, 4) is 85.5 Å². The molecule has 2 saturated carbocycles. The number of carbonyl (C=O) groups is 3. The fraction of sp³-hybridized carbons (Fsp3) is 0.234. The lowest BCUT2D eigenvalue weighted by molar-refractivity contribution is -0.193. The van der Waals surface area contributed by atoms with Gasteiger partial charge in [0.05, 0.1) is 46.7 Å². The molecule has 3 fully saturated rings. The van der Waals surface area contributed by atoms with E-state index in [0.717, 1.165) is 142 Å². The number of phenols is 1.